The van der Waals surface area contributed by atoms with Crippen LogP contribution in [0.25, 0.3) is 22.6 Å². The maximum absolute atomic E-state index is 14.1. The van der Waals surface area contributed by atoms with Gasteiger partial charge in [-0.15, -0.1) is 0 Å². The minimum absolute atomic E-state index is 0.0502. The molecule has 4 rings (SSSR count). The Kier molecular flexibility index (Phi) is 22.6. The Labute approximate surface area is 468 Å². The van der Waals surface area contributed by atoms with Gasteiger partial charge in [0.2, 0.25) is 5.89 Å². The SMILES string of the molecule is CC(C)(C)OC(=O)NCC[C@H](NC(=O)OC(C)(C)C)C(=O)OC[C@H](COc1ccc(-c2c(C#N)c(N)nc(SCc3coc(-c4ccc(Cl)cc4)n3)c2C#N)cc1)OC(=O)[C@H](CCNC(=O)OC(C)(C)C)NC(=O)OC(C)(C)C. The van der Waals surface area contributed by atoms with Crippen molar-refractivity contribution >= 4 is 65.5 Å². The summed E-state index contributed by atoms with van der Waals surface area (Å²) in [6.07, 6.45) is -3.89. The Bertz CT molecular complexity index is 2860. The van der Waals surface area contributed by atoms with Gasteiger partial charge in [-0.1, -0.05) is 35.5 Å². The molecular formula is C54H68ClN9O14S. The molecule has 0 fully saturated rings. The maximum Gasteiger partial charge on any atom is 0.408 e. The Morgan fingerprint density at radius 1 is 0.658 bits per heavy atom. The number of ether oxygens (including phenoxy) is 7. The number of alkyl carbamates (subject to hydrolysis) is 4. The Balaban J connectivity index is 1.62. The third kappa shape index (κ3) is 22.5. The molecule has 25 heteroatoms. The number of halogens is 1. The number of nitrogens with one attached hydrogen (secondary N) is 4. The Morgan fingerprint density at radius 3 is 1.63 bits per heavy atom. The number of carbonyl (C=O) groups is 6. The summed E-state index contributed by atoms with van der Waals surface area (Å²) in [6.45, 7) is 18.2. The van der Waals surface area contributed by atoms with Gasteiger partial charge in [0.1, 0.15) is 88.3 Å². The number of carbonyl (C=O) groups excluding carboxylic acids is 6. The summed E-state index contributed by atoms with van der Waals surface area (Å²) in [5, 5.41) is 31.4. The highest BCUT2D eigenvalue weighted by Crippen LogP contribution is 2.37. The summed E-state index contributed by atoms with van der Waals surface area (Å²) >= 11 is 7.19. The van der Waals surface area contributed by atoms with E-state index in [-0.39, 0.29) is 65.0 Å². The van der Waals surface area contributed by atoms with Crippen LogP contribution >= 0.6 is 23.4 Å². The lowest BCUT2D eigenvalue weighted by atomic mass is 9.97. The number of esters is 2. The number of nitriles is 2. The number of hydrogen-bond acceptors (Lipinski definition) is 20. The summed E-state index contributed by atoms with van der Waals surface area (Å²) in [4.78, 5) is 87.7. The highest BCUT2D eigenvalue weighted by molar-refractivity contribution is 7.98. The Morgan fingerprint density at radius 2 is 1.14 bits per heavy atom. The number of pyridine rings is 1. The van der Waals surface area contributed by atoms with E-state index < -0.39 is 90.1 Å². The number of anilines is 1. The van der Waals surface area contributed by atoms with Gasteiger partial charge in [-0.3, -0.25) is 0 Å². The number of nitrogen functional groups attached to an aromatic ring is 1. The molecule has 4 amide bonds. The fraction of sp³-hybridized carbons (Fsp3) is 0.481. The lowest BCUT2D eigenvalue weighted by Gasteiger charge is -2.26. The van der Waals surface area contributed by atoms with Gasteiger partial charge in [-0.2, -0.15) is 10.5 Å². The van der Waals surface area contributed by atoms with E-state index >= 15 is 0 Å². The third-order valence-corrected chi connectivity index (χ3v) is 11.1. The largest absolute Gasteiger partial charge is 0.490 e. The summed E-state index contributed by atoms with van der Waals surface area (Å²) in [7, 11) is 0. The number of oxazole rings is 1. The van der Waals surface area contributed by atoms with Crippen LogP contribution in [0.1, 0.15) is 113 Å². The lowest BCUT2D eigenvalue weighted by Crippen LogP contribution is -2.48. The zero-order valence-electron chi connectivity index (χ0n) is 46.2. The second kappa shape index (κ2) is 28.1. The van der Waals surface area contributed by atoms with Crippen molar-refractivity contribution in [3.63, 3.8) is 0 Å². The molecule has 2 aromatic carbocycles. The van der Waals surface area contributed by atoms with Crippen LogP contribution < -0.4 is 31.7 Å². The fourth-order valence-electron chi connectivity index (χ4n) is 6.64. The molecule has 0 unspecified atom stereocenters. The van der Waals surface area contributed by atoms with Crippen LogP contribution in [0.2, 0.25) is 5.02 Å². The van der Waals surface area contributed by atoms with Crippen molar-refractivity contribution in [1.82, 2.24) is 31.2 Å². The van der Waals surface area contributed by atoms with E-state index in [2.05, 4.69) is 37.3 Å². The quantitative estimate of drug-likeness (QED) is 0.0295. The molecule has 2 aromatic heterocycles. The molecule has 79 heavy (non-hydrogen) atoms. The molecule has 0 radical (unpaired) electrons. The minimum Gasteiger partial charge on any atom is -0.490 e. The average Bonchev–Trinajstić information content (AvgIpc) is 3.84. The van der Waals surface area contributed by atoms with Gasteiger partial charge in [0.25, 0.3) is 0 Å². The van der Waals surface area contributed by atoms with Crippen molar-refractivity contribution in [2.24, 2.45) is 0 Å². The molecule has 3 atom stereocenters. The molecule has 0 bridgehead atoms. The van der Waals surface area contributed by atoms with Crippen LogP contribution in [0.15, 0.2) is 64.2 Å². The van der Waals surface area contributed by atoms with Gasteiger partial charge in [0, 0.05) is 35.0 Å². The first-order valence-electron chi connectivity index (χ1n) is 24.8. The first-order valence-corrected chi connectivity index (χ1v) is 26.2. The summed E-state index contributed by atoms with van der Waals surface area (Å²) in [6, 6.07) is 14.4. The molecule has 4 aromatic rings. The van der Waals surface area contributed by atoms with Crippen LogP contribution in [0.4, 0.5) is 25.0 Å². The molecule has 0 spiro atoms. The van der Waals surface area contributed by atoms with Crippen LogP contribution in [-0.2, 0) is 43.8 Å². The Hall–Kier alpha value is -7.96. The summed E-state index contributed by atoms with van der Waals surface area (Å²) in [5.74, 6) is -1.43. The van der Waals surface area contributed by atoms with Crippen molar-refractivity contribution in [2.45, 2.75) is 147 Å². The van der Waals surface area contributed by atoms with Gasteiger partial charge >= 0.3 is 36.3 Å². The van der Waals surface area contributed by atoms with Crippen molar-refractivity contribution in [3.8, 4) is 40.5 Å². The summed E-state index contributed by atoms with van der Waals surface area (Å²) < 4.78 is 44.6. The standard InChI is InChI=1S/C54H68ClN9O14S/c1-51(2,3)75-47(67)59-23-21-39(62-49(69)77-53(7,8)9)45(65)73-29-36(74-46(66)40(63-50(70)78-54(10,11)12)22-24-60-48(68)76-52(4,5)6)28-71-35-19-15-31(16-20-35)41-37(25-56)42(58)64-44(38(41)26-57)79-30-34-27-72-43(61-34)32-13-17-33(55)18-14-32/h13-20,27,36,39-40H,21-24,28-30H2,1-12H3,(H2,58,64)(H,59,67)(H,60,68)(H,62,69)(H,63,70)/t36-,39-,40-/m0/s1. The van der Waals surface area contributed by atoms with Gasteiger partial charge < -0.3 is 64.6 Å². The van der Waals surface area contributed by atoms with Crippen LogP contribution in [0.5, 0.6) is 5.75 Å². The molecule has 23 nitrogen and oxygen atoms in total. The molecule has 0 aliphatic carbocycles. The molecule has 0 aliphatic rings. The minimum atomic E-state index is -1.45. The van der Waals surface area contributed by atoms with Crippen LogP contribution in [-0.4, -0.2) is 113 Å². The monoisotopic (exact) mass is 1130 g/mol. The molecule has 426 valence electrons. The zero-order chi connectivity index (χ0) is 58.9. The number of rotatable bonds is 21. The van der Waals surface area contributed by atoms with Crippen molar-refractivity contribution < 1.29 is 66.3 Å². The predicted octanol–water partition coefficient (Wildman–Crippen LogP) is 9.12. The van der Waals surface area contributed by atoms with E-state index in [1.807, 2.05) is 6.07 Å². The van der Waals surface area contributed by atoms with Gasteiger partial charge in [-0.05, 0) is 138 Å². The lowest BCUT2D eigenvalue weighted by molar-refractivity contribution is -0.163. The third-order valence-electron chi connectivity index (χ3n) is 9.84. The van der Waals surface area contributed by atoms with E-state index in [1.165, 1.54) is 18.4 Å². The smallest absolute Gasteiger partial charge is 0.408 e. The number of benzene rings is 2. The normalized spacial score (nSPS) is 12.7. The van der Waals surface area contributed by atoms with Crippen molar-refractivity contribution in [1.29, 1.82) is 10.5 Å². The first-order chi connectivity index (χ1) is 36.8. The summed E-state index contributed by atoms with van der Waals surface area (Å²) in [5.41, 5.74) is 4.57. The predicted molar refractivity (Wildman–Crippen MR) is 290 cm³/mol. The first kappa shape index (κ1) is 63.6. The van der Waals surface area contributed by atoms with E-state index in [0.29, 0.717) is 27.7 Å². The van der Waals surface area contributed by atoms with E-state index in [9.17, 15) is 39.3 Å². The van der Waals surface area contributed by atoms with Crippen molar-refractivity contribution in [3.05, 3.63) is 76.6 Å². The second-order valence-electron chi connectivity index (χ2n) is 21.4. The average molecular weight is 1130 g/mol. The molecule has 0 saturated carbocycles. The van der Waals surface area contributed by atoms with Gasteiger partial charge in [0.05, 0.1) is 11.3 Å². The number of aromatic nitrogens is 2. The highest BCUT2D eigenvalue weighted by Gasteiger charge is 2.32. The van der Waals surface area contributed by atoms with Crippen LogP contribution in [0.3, 0.4) is 0 Å². The zero-order valence-corrected chi connectivity index (χ0v) is 47.8. The van der Waals surface area contributed by atoms with Crippen molar-refractivity contribution in [2.75, 3.05) is 32.0 Å². The van der Waals surface area contributed by atoms with Gasteiger partial charge in [-0.25, -0.2) is 38.7 Å². The molecule has 6 N–H and O–H groups in total. The second-order valence-corrected chi connectivity index (χ2v) is 22.8. The molecule has 0 aliphatic heterocycles. The number of thioether (sulfide) groups is 1. The fourth-order valence-corrected chi connectivity index (χ4v) is 7.64. The number of nitrogens with zero attached hydrogens (tertiary/aromatic N) is 4. The number of hydrogen-bond donors (Lipinski definition) is 5. The molecular weight excluding hydrogens is 1070 g/mol. The maximum atomic E-state index is 14.1. The van der Waals surface area contributed by atoms with Gasteiger partial charge in [0.15, 0.2) is 6.10 Å². The van der Waals surface area contributed by atoms with E-state index in [1.54, 1.807) is 119 Å². The van der Waals surface area contributed by atoms with Crippen LogP contribution in [0, 0.1) is 22.7 Å². The van der Waals surface area contributed by atoms with E-state index in [0.717, 1.165) is 11.8 Å². The number of nitrogens with two attached hydrogens (primary N) is 1. The van der Waals surface area contributed by atoms with E-state index in [4.69, 9.17) is 54.9 Å². The highest BCUT2D eigenvalue weighted by atomic mass is 35.5. The topological polar surface area (TPSA) is 328 Å². The number of amides is 4. The molecule has 0 saturated heterocycles. The molecule has 2 heterocycles.